The van der Waals surface area contributed by atoms with E-state index in [2.05, 4.69) is 5.32 Å². The van der Waals surface area contributed by atoms with Gasteiger partial charge in [-0.3, -0.25) is 9.59 Å². The number of nitrogens with two attached hydrogens (primary N) is 1. The van der Waals surface area contributed by atoms with Crippen LogP contribution < -0.4 is 11.1 Å². The Labute approximate surface area is 148 Å². The molecule has 2 aromatic carbocycles. The Kier molecular flexibility index (Phi) is 6.71. The molecule has 0 aliphatic rings. The average molecular weight is 340 g/mol. The van der Waals surface area contributed by atoms with Gasteiger partial charge in [-0.1, -0.05) is 42.0 Å². The second-order valence-electron chi connectivity index (χ2n) is 6.02. The molecule has 0 spiro atoms. The van der Waals surface area contributed by atoms with Gasteiger partial charge in [0, 0.05) is 18.7 Å². The molecule has 0 saturated heterocycles. The van der Waals surface area contributed by atoms with Gasteiger partial charge in [-0.05, 0) is 36.6 Å². The Morgan fingerprint density at radius 2 is 1.84 bits per heavy atom. The van der Waals surface area contributed by atoms with Crippen molar-refractivity contribution in [1.29, 1.82) is 0 Å². The van der Waals surface area contributed by atoms with Gasteiger partial charge in [0.1, 0.15) is 0 Å². The van der Waals surface area contributed by atoms with Crippen LogP contribution in [0.25, 0.3) is 0 Å². The summed E-state index contributed by atoms with van der Waals surface area (Å²) >= 11 is 0. The van der Waals surface area contributed by atoms with Crippen LogP contribution in [0.5, 0.6) is 0 Å². The third kappa shape index (κ3) is 5.43. The summed E-state index contributed by atoms with van der Waals surface area (Å²) in [7, 11) is 1.36. The van der Waals surface area contributed by atoms with E-state index in [1.807, 2.05) is 43.3 Å². The molecular weight excluding hydrogens is 316 g/mol. The molecule has 5 heteroatoms. The van der Waals surface area contributed by atoms with Gasteiger partial charge >= 0.3 is 5.97 Å². The topological polar surface area (TPSA) is 81.4 Å². The van der Waals surface area contributed by atoms with E-state index in [0.717, 1.165) is 16.7 Å². The summed E-state index contributed by atoms with van der Waals surface area (Å²) in [4.78, 5) is 24.3. The van der Waals surface area contributed by atoms with Gasteiger partial charge in [0.15, 0.2) is 0 Å². The number of benzene rings is 2. The highest BCUT2D eigenvalue weighted by Crippen LogP contribution is 2.12. The number of aryl methyl sites for hydroxylation is 1. The van der Waals surface area contributed by atoms with Crippen LogP contribution in [0.15, 0.2) is 48.5 Å². The first-order valence-electron chi connectivity index (χ1n) is 8.24. The first-order valence-corrected chi connectivity index (χ1v) is 8.24. The van der Waals surface area contributed by atoms with Crippen LogP contribution in [0.1, 0.15) is 27.0 Å². The summed E-state index contributed by atoms with van der Waals surface area (Å²) in [6, 6.07) is 15.1. The van der Waals surface area contributed by atoms with Crippen molar-refractivity contribution in [3.05, 3.63) is 70.8 Å². The fraction of sp³-hybridized carbons (Fsp3) is 0.300. The highest BCUT2D eigenvalue weighted by atomic mass is 16.5. The zero-order valence-corrected chi connectivity index (χ0v) is 14.6. The molecule has 5 nitrogen and oxygen atoms in total. The normalized spacial score (nSPS) is 11.6. The lowest BCUT2D eigenvalue weighted by molar-refractivity contribution is -0.145. The number of carbonyl (C=O) groups excluding carboxylic acids is 2. The van der Waals surface area contributed by atoms with Crippen LogP contribution >= 0.6 is 0 Å². The summed E-state index contributed by atoms with van der Waals surface area (Å²) in [6.07, 6.45) is 0.515. The number of methoxy groups -OCH3 is 1. The first kappa shape index (κ1) is 18.7. The standard InChI is InChI=1S/C20H24N2O3/c1-14-4-3-5-16(10-14)11-18(20(24)25-2)13-22-19(23)17-8-6-15(12-21)7-9-17/h3-10,18H,11-13,21H2,1-2H3,(H,22,23). The highest BCUT2D eigenvalue weighted by molar-refractivity contribution is 5.94. The first-order chi connectivity index (χ1) is 12.0. The Hall–Kier alpha value is -2.66. The lowest BCUT2D eigenvalue weighted by Crippen LogP contribution is -2.34. The summed E-state index contributed by atoms with van der Waals surface area (Å²) in [5.74, 6) is -0.985. The molecule has 25 heavy (non-hydrogen) atoms. The van der Waals surface area contributed by atoms with Gasteiger partial charge in [0.2, 0.25) is 0 Å². The maximum atomic E-state index is 12.3. The third-order valence-electron chi connectivity index (χ3n) is 4.06. The number of rotatable bonds is 7. The minimum absolute atomic E-state index is 0.220. The summed E-state index contributed by atoms with van der Waals surface area (Å²) in [5.41, 5.74) is 9.22. The van der Waals surface area contributed by atoms with Gasteiger partial charge < -0.3 is 15.8 Å². The largest absolute Gasteiger partial charge is 0.469 e. The zero-order valence-electron chi connectivity index (χ0n) is 14.6. The van der Waals surface area contributed by atoms with Gasteiger partial charge in [-0.25, -0.2) is 0 Å². The molecule has 3 N–H and O–H groups in total. The molecule has 0 aliphatic carbocycles. The SMILES string of the molecule is COC(=O)C(CNC(=O)c1ccc(CN)cc1)Cc1cccc(C)c1. The van der Waals surface area contributed by atoms with E-state index in [0.29, 0.717) is 18.5 Å². The van der Waals surface area contributed by atoms with Crippen molar-refractivity contribution in [2.75, 3.05) is 13.7 Å². The van der Waals surface area contributed by atoms with Crippen molar-refractivity contribution >= 4 is 11.9 Å². The predicted octanol–water partition coefficient (Wildman–Crippen LogP) is 2.22. The third-order valence-corrected chi connectivity index (χ3v) is 4.06. The van der Waals surface area contributed by atoms with E-state index in [1.165, 1.54) is 7.11 Å². The smallest absolute Gasteiger partial charge is 0.310 e. The lowest BCUT2D eigenvalue weighted by Gasteiger charge is -2.16. The molecule has 0 fully saturated rings. The van der Waals surface area contributed by atoms with Gasteiger partial charge in [0.25, 0.3) is 5.91 Å². The van der Waals surface area contributed by atoms with E-state index in [-0.39, 0.29) is 18.4 Å². The highest BCUT2D eigenvalue weighted by Gasteiger charge is 2.21. The van der Waals surface area contributed by atoms with Crippen molar-refractivity contribution in [3.63, 3.8) is 0 Å². The molecular formula is C20H24N2O3. The Morgan fingerprint density at radius 1 is 1.12 bits per heavy atom. The van der Waals surface area contributed by atoms with Crippen LogP contribution in [0.4, 0.5) is 0 Å². The van der Waals surface area contributed by atoms with Crippen LogP contribution in [-0.2, 0) is 22.5 Å². The minimum Gasteiger partial charge on any atom is -0.469 e. The molecule has 0 heterocycles. The van der Waals surface area contributed by atoms with Crippen LogP contribution in [-0.4, -0.2) is 25.5 Å². The van der Waals surface area contributed by atoms with Crippen molar-refractivity contribution in [1.82, 2.24) is 5.32 Å². The zero-order chi connectivity index (χ0) is 18.2. The molecule has 1 atom stereocenters. The monoisotopic (exact) mass is 340 g/mol. The van der Waals surface area contributed by atoms with Crippen molar-refractivity contribution < 1.29 is 14.3 Å². The fourth-order valence-electron chi connectivity index (χ4n) is 2.64. The summed E-state index contributed by atoms with van der Waals surface area (Å²) < 4.78 is 4.88. The molecule has 132 valence electrons. The molecule has 0 aliphatic heterocycles. The molecule has 2 aromatic rings. The summed E-state index contributed by atoms with van der Waals surface area (Å²) in [6.45, 7) is 2.66. The van der Waals surface area contributed by atoms with E-state index in [9.17, 15) is 9.59 Å². The fourth-order valence-corrected chi connectivity index (χ4v) is 2.64. The second-order valence-corrected chi connectivity index (χ2v) is 6.02. The molecule has 0 saturated carbocycles. The Bertz CT molecular complexity index is 726. The lowest BCUT2D eigenvalue weighted by atomic mass is 9.98. The van der Waals surface area contributed by atoms with Crippen molar-refractivity contribution in [2.24, 2.45) is 11.7 Å². The maximum Gasteiger partial charge on any atom is 0.310 e. The number of esters is 1. The number of carbonyl (C=O) groups is 2. The van der Waals surface area contributed by atoms with E-state index in [4.69, 9.17) is 10.5 Å². The second kappa shape index (κ2) is 8.99. The molecule has 0 bridgehead atoms. The molecule has 0 aromatic heterocycles. The van der Waals surface area contributed by atoms with Gasteiger partial charge in [-0.2, -0.15) is 0 Å². The quantitative estimate of drug-likeness (QED) is 0.757. The van der Waals surface area contributed by atoms with E-state index >= 15 is 0 Å². The number of ether oxygens (including phenoxy) is 1. The van der Waals surface area contributed by atoms with Crippen LogP contribution in [0.3, 0.4) is 0 Å². The van der Waals surface area contributed by atoms with Crippen LogP contribution in [0, 0.1) is 12.8 Å². The Balaban J connectivity index is 2.01. The Morgan fingerprint density at radius 3 is 2.44 bits per heavy atom. The number of hydrogen-bond donors (Lipinski definition) is 2. The summed E-state index contributed by atoms with van der Waals surface area (Å²) in [5, 5.41) is 2.82. The van der Waals surface area contributed by atoms with Gasteiger partial charge in [-0.15, -0.1) is 0 Å². The average Bonchev–Trinajstić information content (AvgIpc) is 2.64. The molecule has 1 amide bonds. The molecule has 2 rings (SSSR count). The van der Waals surface area contributed by atoms with Gasteiger partial charge in [0.05, 0.1) is 13.0 Å². The van der Waals surface area contributed by atoms with E-state index in [1.54, 1.807) is 12.1 Å². The van der Waals surface area contributed by atoms with Crippen molar-refractivity contribution in [3.8, 4) is 0 Å². The number of nitrogens with one attached hydrogen (secondary N) is 1. The van der Waals surface area contributed by atoms with Crippen molar-refractivity contribution in [2.45, 2.75) is 19.9 Å². The maximum absolute atomic E-state index is 12.3. The van der Waals surface area contributed by atoms with Crippen LogP contribution in [0.2, 0.25) is 0 Å². The molecule has 1 unspecified atom stereocenters. The molecule has 0 radical (unpaired) electrons. The minimum atomic E-state index is -0.431. The number of hydrogen-bond acceptors (Lipinski definition) is 4. The number of amides is 1. The van der Waals surface area contributed by atoms with E-state index < -0.39 is 5.92 Å². The predicted molar refractivity (Wildman–Crippen MR) is 97.1 cm³/mol.